The molecule has 1 amide bonds. The number of nitrogens with zero attached hydrogens (tertiary/aromatic N) is 3. The molecule has 1 aliphatic rings. The first-order chi connectivity index (χ1) is 12.5. The zero-order valence-electron chi connectivity index (χ0n) is 16.4. The van der Waals surface area contributed by atoms with E-state index in [-0.39, 0.29) is 5.91 Å². The molecule has 1 atom stereocenters. The molecule has 1 unspecified atom stereocenters. The molecule has 5 nitrogen and oxygen atoms in total. The van der Waals surface area contributed by atoms with E-state index >= 15 is 0 Å². The zero-order chi connectivity index (χ0) is 18.7. The van der Waals surface area contributed by atoms with E-state index in [0.717, 1.165) is 43.0 Å². The molecule has 1 fully saturated rings. The van der Waals surface area contributed by atoms with Crippen LogP contribution in [0.2, 0.25) is 0 Å². The van der Waals surface area contributed by atoms with Gasteiger partial charge in [0.1, 0.15) is 5.82 Å². The van der Waals surface area contributed by atoms with Crippen molar-refractivity contribution in [3.63, 3.8) is 0 Å². The lowest BCUT2D eigenvalue weighted by molar-refractivity contribution is 0.102. The summed E-state index contributed by atoms with van der Waals surface area (Å²) in [6.07, 6.45) is 4.26. The second-order valence-electron chi connectivity index (χ2n) is 7.22. The first kappa shape index (κ1) is 18.6. The summed E-state index contributed by atoms with van der Waals surface area (Å²) in [5, 5.41) is 7.61. The minimum Gasteiger partial charge on any atom is -0.307 e. The summed E-state index contributed by atoms with van der Waals surface area (Å²) in [4.78, 5) is 15.3. The van der Waals surface area contributed by atoms with Gasteiger partial charge in [-0.2, -0.15) is 5.10 Å². The summed E-state index contributed by atoms with van der Waals surface area (Å²) in [6, 6.07) is 8.62. The fraction of sp³-hybridized carbons (Fsp3) is 0.524. The van der Waals surface area contributed by atoms with E-state index < -0.39 is 0 Å². The van der Waals surface area contributed by atoms with Crippen molar-refractivity contribution in [1.29, 1.82) is 0 Å². The summed E-state index contributed by atoms with van der Waals surface area (Å²) >= 11 is 0. The Kier molecular flexibility index (Phi) is 5.77. The largest absolute Gasteiger partial charge is 0.307 e. The van der Waals surface area contributed by atoms with Gasteiger partial charge < -0.3 is 5.32 Å². The molecule has 1 aliphatic heterocycles. The van der Waals surface area contributed by atoms with Crippen molar-refractivity contribution >= 4 is 11.7 Å². The summed E-state index contributed by atoms with van der Waals surface area (Å²) in [5.74, 6) is 0.745. The number of nitrogens with one attached hydrogen (secondary N) is 1. The van der Waals surface area contributed by atoms with E-state index in [1.54, 1.807) is 4.68 Å². The van der Waals surface area contributed by atoms with Gasteiger partial charge in [0, 0.05) is 30.8 Å². The van der Waals surface area contributed by atoms with Crippen LogP contribution in [0.4, 0.5) is 5.82 Å². The highest BCUT2D eigenvalue weighted by atomic mass is 16.1. The third-order valence-corrected chi connectivity index (χ3v) is 5.41. The van der Waals surface area contributed by atoms with Gasteiger partial charge in [0.2, 0.25) is 0 Å². The number of aromatic nitrogens is 2. The Bertz CT molecular complexity index is 780. The molecule has 0 aliphatic carbocycles. The van der Waals surface area contributed by atoms with Crippen molar-refractivity contribution in [2.75, 3.05) is 11.9 Å². The lowest BCUT2D eigenvalue weighted by Gasteiger charge is -2.21. The second kappa shape index (κ2) is 8.04. The van der Waals surface area contributed by atoms with E-state index in [0.29, 0.717) is 11.6 Å². The van der Waals surface area contributed by atoms with Gasteiger partial charge in [0.15, 0.2) is 0 Å². The van der Waals surface area contributed by atoms with E-state index in [4.69, 9.17) is 0 Å². The lowest BCUT2D eigenvalue weighted by Crippen LogP contribution is -2.26. The van der Waals surface area contributed by atoms with Crippen LogP contribution >= 0.6 is 0 Å². The molecule has 5 heteroatoms. The van der Waals surface area contributed by atoms with Crippen LogP contribution in [0.5, 0.6) is 0 Å². The number of hydrogen-bond donors (Lipinski definition) is 1. The highest BCUT2D eigenvalue weighted by Gasteiger charge is 2.21. The van der Waals surface area contributed by atoms with E-state index in [1.807, 2.05) is 25.2 Å². The van der Waals surface area contributed by atoms with Gasteiger partial charge in [-0.15, -0.1) is 0 Å². The summed E-state index contributed by atoms with van der Waals surface area (Å²) < 4.78 is 1.78. The number of aryl methyl sites for hydroxylation is 2. The molecule has 2 aromatic rings. The van der Waals surface area contributed by atoms with Gasteiger partial charge in [-0.25, -0.2) is 0 Å². The maximum absolute atomic E-state index is 12.8. The number of rotatable bonds is 6. The average molecular weight is 354 g/mol. The second-order valence-corrected chi connectivity index (χ2v) is 7.22. The molecule has 1 saturated heterocycles. The standard InChI is InChI=1S/C21H30N4O/c1-5-18-19(6-2)23-24(4)20(18)22-21(26)17-11-7-10-16(13-17)14-25-12-8-9-15(25)3/h7,10-11,13,15H,5-6,8-9,12,14H2,1-4H3,(H,22,26). The number of carbonyl (C=O) groups excluding carboxylic acids is 1. The molecule has 1 aromatic carbocycles. The van der Waals surface area contributed by atoms with Crippen LogP contribution in [0.3, 0.4) is 0 Å². The van der Waals surface area contributed by atoms with Crippen LogP contribution in [0, 0.1) is 0 Å². The Balaban J connectivity index is 1.76. The number of benzene rings is 1. The summed E-state index contributed by atoms with van der Waals surface area (Å²) in [5.41, 5.74) is 4.09. The molecule has 26 heavy (non-hydrogen) atoms. The molecular weight excluding hydrogens is 324 g/mol. The third-order valence-electron chi connectivity index (χ3n) is 5.41. The van der Waals surface area contributed by atoms with Crippen LogP contribution in [0.15, 0.2) is 24.3 Å². The van der Waals surface area contributed by atoms with Gasteiger partial charge in [-0.1, -0.05) is 26.0 Å². The lowest BCUT2D eigenvalue weighted by atomic mass is 10.1. The zero-order valence-corrected chi connectivity index (χ0v) is 16.4. The summed E-state index contributed by atoms with van der Waals surface area (Å²) in [7, 11) is 1.89. The number of likely N-dealkylation sites (tertiary alicyclic amines) is 1. The van der Waals surface area contributed by atoms with Crippen LogP contribution in [-0.2, 0) is 26.4 Å². The van der Waals surface area contributed by atoms with Gasteiger partial charge >= 0.3 is 0 Å². The molecule has 140 valence electrons. The minimum absolute atomic E-state index is 0.0679. The van der Waals surface area contributed by atoms with Gasteiger partial charge in [0.25, 0.3) is 5.91 Å². The monoisotopic (exact) mass is 354 g/mol. The fourth-order valence-electron chi connectivity index (χ4n) is 3.89. The first-order valence-electron chi connectivity index (χ1n) is 9.72. The molecule has 0 bridgehead atoms. The predicted octanol–water partition coefficient (Wildman–Crippen LogP) is 3.78. The third kappa shape index (κ3) is 3.83. The Hall–Kier alpha value is -2.14. The number of amides is 1. The van der Waals surface area contributed by atoms with Crippen molar-refractivity contribution < 1.29 is 4.79 Å². The first-order valence-corrected chi connectivity index (χ1v) is 9.72. The smallest absolute Gasteiger partial charge is 0.256 e. The minimum atomic E-state index is -0.0679. The topological polar surface area (TPSA) is 50.2 Å². The molecule has 0 radical (unpaired) electrons. The molecule has 1 aromatic heterocycles. The SMILES string of the molecule is CCc1nn(C)c(NC(=O)c2cccc(CN3CCCC3C)c2)c1CC. The van der Waals surface area contributed by atoms with Crippen LogP contribution < -0.4 is 5.32 Å². The van der Waals surface area contributed by atoms with E-state index in [1.165, 1.54) is 18.4 Å². The molecule has 1 N–H and O–H groups in total. The van der Waals surface area contributed by atoms with Crippen molar-refractivity contribution in [3.05, 3.63) is 46.6 Å². The Morgan fingerprint density at radius 3 is 2.77 bits per heavy atom. The van der Waals surface area contributed by atoms with Gasteiger partial charge in [-0.3, -0.25) is 14.4 Å². The normalized spacial score (nSPS) is 17.6. The molecule has 2 heterocycles. The van der Waals surface area contributed by atoms with Crippen LogP contribution in [0.25, 0.3) is 0 Å². The number of hydrogen-bond acceptors (Lipinski definition) is 3. The Morgan fingerprint density at radius 2 is 2.12 bits per heavy atom. The van der Waals surface area contributed by atoms with Crippen molar-refractivity contribution in [3.8, 4) is 0 Å². The Labute approximate surface area is 156 Å². The van der Waals surface area contributed by atoms with E-state index in [2.05, 4.69) is 42.2 Å². The molecule has 3 rings (SSSR count). The van der Waals surface area contributed by atoms with Crippen molar-refractivity contribution in [2.24, 2.45) is 7.05 Å². The maximum atomic E-state index is 12.8. The Morgan fingerprint density at radius 1 is 1.31 bits per heavy atom. The van der Waals surface area contributed by atoms with Crippen molar-refractivity contribution in [2.45, 2.75) is 59.0 Å². The van der Waals surface area contributed by atoms with Crippen molar-refractivity contribution in [1.82, 2.24) is 14.7 Å². The fourth-order valence-corrected chi connectivity index (χ4v) is 3.89. The maximum Gasteiger partial charge on any atom is 0.256 e. The van der Waals surface area contributed by atoms with E-state index in [9.17, 15) is 4.79 Å². The predicted molar refractivity (Wildman–Crippen MR) is 105 cm³/mol. The van der Waals surface area contributed by atoms with Crippen LogP contribution in [-0.4, -0.2) is 33.2 Å². The van der Waals surface area contributed by atoms with Crippen LogP contribution in [0.1, 0.15) is 60.8 Å². The number of carbonyl (C=O) groups is 1. The summed E-state index contributed by atoms with van der Waals surface area (Å²) in [6.45, 7) is 8.53. The quantitative estimate of drug-likeness (QED) is 0.859. The molecular formula is C21H30N4O. The highest BCUT2D eigenvalue weighted by molar-refractivity contribution is 6.04. The number of anilines is 1. The average Bonchev–Trinajstić information content (AvgIpc) is 3.18. The van der Waals surface area contributed by atoms with Gasteiger partial charge in [0.05, 0.1) is 5.69 Å². The van der Waals surface area contributed by atoms with Gasteiger partial charge in [-0.05, 0) is 56.8 Å². The molecule has 0 saturated carbocycles. The highest BCUT2D eigenvalue weighted by Crippen LogP contribution is 2.22. The molecule has 0 spiro atoms.